The van der Waals surface area contributed by atoms with Gasteiger partial charge in [0.1, 0.15) is 5.82 Å². The number of carbonyl (C=O) groups excluding carboxylic acids is 1. The quantitative estimate of drug-likeness (QED) is 0.885. The lowest BCUT2D eigenvalue weighted by Crippen LogP contribution is -2.48. The Morgan fingerprint density at radius 2 is 2.31 bits per heavy atom. The van der Waals surface area contributed by atoms with Gasteiger partial charge in [-0.05, 0) is 18.2 Å². The Labute approximate surface area is 102 Å². The number of rotatable bonds is 3. The van der Waals surface area contributed by atoms with Crippen molar-refractivity contribution in [2.45, 2.75) is 0 Å². The SMILES string of the molecule is O=C(NCC1CNC1)c1cc(Br)ccc1F. The van der Waals surface area contributed by atoms with Crippen molar-refractivity contribution >= 4 is 21.8 Å². The van der Waals surface area contributed by atoms with Gasteiger partial charge in [0.25, 0.3) is 5.91 Å². The Balaban J connectivity index is 1.99. The van der Waals surface area contributed by atoms with E-state index in [1.165, 1.54) is 12.1 Å². The summed E-state index contributed by atoms with van der Waals surface area (Å²) in [5.41, 5.74) is 0.0849. The molecule has 1 fully saturated rings. The summed E-state index contributed by atoms with van der Waals surface area (Å²) in [7, 11) is 0. The molecule has 2 rings (SSSR count). The van der Waals surface area contributed by atoms with E-state index in [0.29, 0.717) is 16.9 Å². The molecule has 86 valence electrons. The first-order valence-electron chi connectivity index (χ1n) is 5.11. The summed E-state index contributed by atoms with van der Waals surface area (Å²) in [6.45, 7) is 2.43. The molecule has 1 aromatic carbocycles. The van der Waals surface area contributed by atoms with E-state index in [0.717, 1.165) is 13.1 Å². The maximum absolute atomic E-state index is 13.3. The van der Waals surface area contributed by atoms with Crippen molar-refractivity contribution in [2.75, 3.05) is 19.6 Å². The van der Waals surface area contributed by atoms with Gasteiger partial charge in [0.2, 0.25) is 0 Å². The van der Waals surface area contributed by atoms with Gasteiger partial charge in [-0.1, -0.05) is 15.9 Å². The molecule has 0 aliphatic carbocycles. The van der Waals surface area contributed by atoms with Crippen LogP contribution in [0.15, 0.2) is 22.7 Å². The van der Waals surface area contributed by atoms with Crippen molar-refractivity contribution in [2.24, 2.45) is 5.92 Å². The molecule has 1 aliphatic rings. The normalized spacial score (nSPS) is 15.6. The predicted octanol–water partition coefficient (Wildman–Crippen LogP) is 1.54. The van der Waals surface area contributed by atoms with Crippen LogP contribution in [0.3, 0.4) is 0 Å². The van der Waals surface area contributed by atoms with Crippen LogP contribution in [0.4, 0.5) is 4.39 Å². The van der Waals surface area contributed by atoms with Crippen LogP contribution in [0, 0.1) is 11.7 Å². The zero-order valence-corrected chi connectivity index (χ0v) is 10.2. The van der Waals surface area contributed by atoms with Gasteiger partial charge < -0.3 is 10.6 Å². The molecule has 0 aromatic heterocycles. The third-order valence-electron chi connectivity index (χ3n) is 2.59. The van der Waals surface area contributed by atoms with Gasteiger partial charge >= 0.3 is 0 Å². The summed E-state index contributed by atoms with van der Waals surface area (Å²) in [6, 6.07) is 4.34. The van der Waals surface area contributed by atoms with Crippen LogP contribution in [0.25, 0.3) is 0 Å². The van der Waals surface area contributed by atoms with E-state index in [2.05, 4.69) is 26.6 Å². The number of nitrogens with one attached hydrogen (secondary N) is 2. The van der Waals surface area contributed by atoms with Gasteiger partial charge in [0, 0.05) is 30.0 Å². The minimum atomic E-state index is -0.493. The van der Waals surface area contributed by atoms with Crippen LogP contribution >= 0.6 is 15.9 Å². The summed E-state index contributed by atoms with van der Waals surface area (Å²) in [4.78, 5) is 11.7. The average Bonchev–Trinajstić information content (AvgIpc) is 2.19. The molecule has 1 saturated heterocycles. The topological polar surface area (TPSA) is 41.1 Å². The third-order valence-corrected chi connectivity index (χ3v) is 3.08. The van der Waals surface area contributed by atoms with E-state index < -0.39 is 5.82 Å². The molecule has 1 aliphatic heterocycles. The van der Waals surface area contributed by atoms with Crippen LogP contribution in [0.5, 0.6) is 0 Å². The van der Waals surface area contributed by atoms with E-state index in [4.69, 9.17) is 0 Å². The molecule has 0 unspecified atom stereocenters. The second-order valence-corrected chi connectivity index (χ2v) is 4.77. The highest BCUT2D eigenvalue weighted by atomic mass is 79.9. The number of halogens is 2. The molecule has 1 heterocycles. The van der Waals surface area contributed by atoms with Gasteiger partial charge in [0.05, 0.1) is 5.56 Å². The number of hydrogen-bond acceptors (Lipinski definition) is 2. The molecule has 0 saturated carbocycles. The number of benzene rings is 1. The fraction of sp³-hybridized carbons (Fsp3) is 0.364. The summed E-state index contributed by atoms with van der Waals surface area (Å²) in [6.07, 6.45) is 0. The summed E-state index contributed by atoms with van der Waals surface area (Å²) < 4.78 is 14.0. The van der Waals surface area contributed by atoms with Crippen molar-refractivity contribution in [3.63, 3.8) is 0 Å². The number of amides is 1. The van der Waals surface area contributed by atoms with Crippen molar-refractivity contribution in [1.29, 1.82) is 0 Å². The number of hydrogen-bond donors (Lipinski definition) is 2. The first-order chi connectivity index (χ1) is 7.66. The largest absolute Gasteiger partial charge is 0.352 e. The second-order valence-electron chi connectivity index (χ2n) is 3.86. The fourth-order valence-electron chi connectivity index (χ4n) is 1.50. The zero-order valence-electron chi connectivity index (χ0n) is 8.59. The lowest BCUT2D eigenvalue weighted by Gasteiger charge is -2.27. The molecule has 0 spiro atoms. The Morgan fingerprint density at radius 1 is 1.56 bits per heavy atom. The van der Waals surface area contributed by atoms with Gasteiger partial charge in [0.15, 0.2) is 0 Å². The Bertz CT molecular complexity index is 407. The molecular weight excluding hydrogens is 275 g/mol. The van der Waals surface area contributed by atoms with E-state index >= 15 is 0 Å². The average molecular weight is 287 g/mol. The number of carbonyl (C=O) groups is 1. The lowest BCUT2D eigenvalue weighted by atomic mass is 10.0. The van der Waals surface area contributed by atoms with E-state index in [9.17, 15) is 9.18 Å². The first kappa shape index (κ1) is 11.5. The predicted molar refractivity (Wildman–Crippen MR) is 62.8 cm³/mol. The molecule has 5 heteroatoms. The molecule has 1 aromatic rings. The fourth-order valence-corrected chi connectivity index (χ4v) is 1.86. The third kappa shape index (κ3) is 2.59. The van der Waals surface area contributed by atoms with Crippen molar-refractivity contribution in [3.05, 3.63) is 34.1 Å². The Kier molecular flexibility index (Phi) is 3.56. The van der Waals surface area contributed by atoms with Crippen LogP contribution in [0.2, 0.25) is 0 Å². The molecule has 1 amide bonds. The van der Waals surface area contributed by atoms with Crippen molar-refractivity contribution < 1.29 is 9.18 Å². The van der Waals surface area contributed by atoms with Crippen LogP contribution in [-0.2, 0) is 0 Å². The lowest BCUT2D eigenvalue weighted by molar-refractivity contribution is 0.0938. The summed E-state index contributed by atoms with van der Waals surface area (Å²) in [5, 5.41) is 5.84. The van der Waals surface area contributed by atoms with Gasteiger partial charge in [-0.3, -0.25) is 4.79 Å². The zero-order chi connectivity index (χ0) is 11.5. The first-order valence-corrected chi connectivity index (χ1v) is 5.90. The highest BCUT2D eigenvalue weighted by molar-refractivity contribution is 9.10. The van der Waals surface area contributed by atoms with Crippen molar-refractivity contribution in [1.82, 2.24) is 10.6 Å². The summed E-state index contributed by atoms with van der Waals surface area (Å²) >= 11 is 3.21. The smallest absolute Gasteiger partial charge is 0.254 e. The van der Waals surface area contributed by atoms with E-state index in [1.54, 1.807) is 6.07 Å². The van der Waals surface area contributed by atoms with Gasteiger partial charge in [-0.25, -0.2) is 4.39 Å². The Hall–Kier alpha value is -0.940. The maximum atomic E-state index is 13.3. The van der Waals surface area contributed by atoms with E-state index in [-0.39, 0.29) is 11.5 Å². The van der Waals surface area contributed by atoms with Crippen LogP contribution in [0.1, 0.15) is 10.4 Å². The molecule has 2 N–H and O–H groups in total. The maximum Gasteiger partial charge on any atom is 0.254 e. The molecule has 0 radical (unpaired) electrons. The monoisotopic (exact) mass is 286 g/mol. The highest BCUT2D eigenvalue weighted by Gasteiger charge is 2.18. The second kappa shape index (κ2) is 4.93. The molecule has 16 heavy (non-hydrogen) atoms. The van der Waals surface area contributed by atoms with Crippen LogP contribution in [-0.4, -0.2) is 25.5 Å². The summed E-state index contributed by atoms with van der Waals surface area (Å²) in [5.74, 6) is -0.378. The van der Waals surface area contributed by atoms with Crippen LogP contribution < -0.4 is 10.6 Å². The standard InChI is InChI=1S/C11H12BrFN2O/c12-8-1-2-10(13)9(3-8)11(16)15-6-7-4-14-5-7/h1-3,7,14H,4-6H2,(H,15,16). The molecule has 0 bridgehead atoms. The van der Waals surface area contributed by atoms with Gasteiger partial charge in [-0.15, -0.1) is 0 Å². The van der Waals surface area contributed by atoms with Crippen molar-refractivity contribution in [3.8, 4) is 0 Å². The molecular formula is C11H12BrFN2O. The molecule has 0 atom stereocenters. The van der Waals surface area contributed by atoms with E-state index in [1.807, 2.05) is 0 Å². The Morgan fingerprint density at radius 3 is 2.94 bits per heavy atom. The van der Waals surface area contributed by atoms with Gasteiger partial charge in [-0.2, -0.15) is 0 Å². The molecule has 3 nitrogen and oxygen atoms in total. The minimum Gasteiger partial charge on any atom is -0.352 e. The highest BCUT2D eigenvalue weighted by Crippen LogP contribution is 2.15. The minimum absolute atomic E-state index is 0.0849.